The number of pyridine rings is 1. The highest BCUT2D eigenvalue weighted by Gasteiger charge is 2.27. The molecular formula is C17H21ClN4O2. The second-order valence-electron chi connectivity index (χ2n) is 6.04. The third-order valence-corrected chi connectivity index (χ3v) is 4.75. The summed E-state index contributed by atoms with van der Waals surface area (Å²) < 4.78 is 1.86. The van der Waals surface area contributed by atoms with Crippen molar-refractivity contribution >= 4 is 17.5 Å². The van der Waals surface area contributed by atoms with Gasteiger partial charge >= 0.3 is 0 Å². The highest BCUT2D eigenvalue weighted by molar-refractivity contribution is 6.29. The van der Waals surface area contributed by atoms with E-state index in [4.69, 9.17) is 16.7 Å². The van der Waals surface area contributed by atoms with E-state index in [1.54, 1.807) is 25.3 Å². The zero-order chi connectivity index (χ0) is 17.1. The Morgan fingerprint density at radius 2 is 2.08 bits per heavy atom. The fourth-order valence-corrected chi connectivity index (χ4v) is 3.47. The smallest absolute Gasteiger partial charge is 0.255 e. The summed E-state index contributed by atoms with van der Waals surface area (Å²) in [6.07, 6.45) is 3.55. The normalized spacial score (nSPS) is 15.7. The number of piperidine rings is 1. The Kier molecular flexibility index (Phi) is 5.16. The van der Waals surface area contributed by atoms with E-state index in [1.165, 1.54) is 0 Å². The van der Waals surface area contributed by atoms with Gasteiger partial charge in [0.25, 0.3) is 5.91 Å². The van der Waals surface area contributed by atoms with E-state index >= 15 is 0 Å². The number of amides is 1. The minimum absolute atomic E-state index is 0.0129. The van der Waals surface area contributed by atoms with Crippen molar-refractivity contribution in [1.29, 1.82) is 0 Å². The van der Waals surface area contributed by atoms with Gasteiger partial charge in [0.2, 0.25) is 0 Å². The van der Waals surface area contributed by atoms with Crippen molar-refractivity contribution in [2.45, 2.75) is 32.2 Å². The van der Waals surface area contributed by atoms with E-state index < -0.39 is 0 Å². The van der Waals surface area contributed by atoms with Gasteiger partial charge in [0.1, 0.15) is 5.15 Å². The van der Waals surface area contributed by atoms with E-state index in [1.807, 2.05) is 15.6 Å². The molecule has 1 fully saturated rings. The third kappa shape index (κ3) is 3.44. The number of likely N-dealkylation sites (tertiary alicyclic amines) is 1. The average Bonchev–Trinajstić information content (AvgIpc) is 3.03. The van der Waals surface area contributed by atoms with Gasteiger partial charge in [-0.05, 0) is 38.0 Å². The van der Waals surface area contributed by atoms with Crippen molar-refractivity contribution < 1.29 is 9.90 Å². The molecule has 1 saturated heterocycles. The molecule has 0 radical (unpaired) electrons. The van der Waals surface area contributed by atoms with Crippen molar-refractivity contribution in [2.24, 2.45) is 0 Å². The zero-order valence-electron chi connectivity index (χ0n) is 13.7. The summed E-state index contributed by atoms with van der Waals surface area (Å²) in [6, 6.07) is 5.41. The number of carbonyl (C=O) groups is 1. The number of aliphatic hydroxyl groups is 1. The number of hydrogen-bond acceptors (Lipinski definition) is 4. The number of nitrogens with zero attached hydrogens (tertiary/aromatic N) is 4. The van der Waals surface area contributed by atoms with Crippen molar-refractivity contribution in [3.8, 4) is 0 Å². The van der Waals surface area contributed by atoms with Crippen molar-refractivity contribution in [3.05, 3.63) is 46.5 Å². The summed E-state index contributed by atoms with van der Waals surface area (Å²) in [6.45, 7) is 3.80. The molecule has 1 aliphatic rings. The summed E-state index contributed by atoms with van der Waals surface area (Å²) in [5, 5.41) is 13.8. The van der Waals surface area contributed by atoms with Crippen LogP contribution in [0, 0.1) is 6.92 Å². The molecule has 1 N–H and O–H groups in total. The van der Waals surface area contributed by atoms with Gasteiger partial charge in [-0.2, -0.15) is 5.10 Å². The largest absolute Gasteiger partial charge is 0.394 e. The SMILES string of the molecule is Cc1nc(Cl)ccc1C(=O)N1CCC(c2ccnn2CCO)CC1. The second-order valence-corrected chi connectivity index (χ2v) is 6.42. The Labute approximate surface area is 146 Å². The quantitative estimate of drug-likeness (QED) is 0.860. The first-order valence-corrected chi connectivity index (χ1v) is 8.53. The maximum absolute atomic E-state index is 12.7. The van der Waals surface area contributed by atoms with E-state index in [0.717, 1.165) is 18.5 Å². The molecule has 0 unspecified atom stereocenters. The average molecular weight is 349 g/mol. The number of rotatable bonds is 4. The zero-order valence-corrected chi connectivity index (χ0v) is 14.4. The maximum atomic E-state index is 12.7. The topological polar surface area (TPSA) is 71.2 Å². The lowest BCUT2D eigenvalue weighted by atomic mass is 9.93. The third-order valence-electron chi connectivity index (χ3n) is 4.54. The van der Waals surface area contributed by atoms with E-state index in [2.05, 4.69) is 10.1 Å². The van der Waals surface area contributed by atoms with Crippen LogP contribution in [-0.2, 0) is 6.54 Å². The standard InChI is InChI=1S/C17H21ClN4O2/c1-12-14(2-3-16(18)20-12)17(24)21-8-5-13(6-9-21)15-4-7-19-22(15)10-11-23/h2-4,7,13,23H,5-6,8-11H2,1H3. The van der Waals surface area contributed by atoms with Crippen LogP contribution in [0.2, 0.25) is 5.15 Å². The lowest BCUT2D eigenvalue weighted by Crippen LogP contribution is -2.38. The van der Waals surface area contributed by atoms with Crippen LogP contribution in [0.25, 0.3) is 0 Å². The van der Waals surface area contributed by atoms with Crippen molar-refractivity contribution in [3.63, 3.8) is 0 Å². The predicted molar refractivity (Wildman–Crippen MR) is 91.2 cm³/mol. The number of carbonyl (C=O) groups excluding carboxylic acids is 1. The Morgan fingerprint density at radius 1 is 1.33 bits per heavy atom. The Bertz CT molecular complexity index is 723. The first kappa shape index (κ1) is 16.9. The van der Waals surface area contributed by atoms with Crippen LogP contribution in [0.1, 0.15) is 40.5 Å². The number of aromatic nitrogens is 3. The van der Waals surface area contributed by atoms with Crippen LogP contribution in [-0.4, -0.2) is 50.4 Å². The van der Waals surface area contributed by atoms with Gasteiger partial charge in [0.05, 0.1) is 24.4 Å². The van der Waals surface area contributed by atoms with Crippen LogP contribution in [0.15, 0.2) is 24.4 Å². The maximum Gasteiger partial charge on any atom is 0.255 e. The molecule has 0 spiro atoms. The molecule has 1 amide bonds. The fourth-order valence-electron chi connectivity index (χ4n) is 3.28. The van der Waals surface area contributed by atoms with E-state index in [0.29, 0.717) is 42.0 Å². The molecule has 2 aromatic rings. The van der Waals surface area contributed by atoms with Gasteiger partial charge in [-0.15, -0.1) is 0 Å². The lowest BCUT2D eigenvalue weighted by Gasteiger charge is -2.32. The molecule has 6 nitrogen and oxygen atoms in total. The second kappa shape index (κ2) is 7.32. The fraction of sp³-hybridized carbons (Fsp3) is 0.471. The predicted octanol–water partition coefficient (Wildman–Crippen LogP) is 2.25. The van der Waals surface area contributed by atoms with Crippen molar-refractivity contribution in [1.82, 2.24) is 19.7 Å². The molecule has 0 atom stereocenters. The first-order valence-electron chi connectivity index (χ1n) is 8.15. The molecule has 0 aromatic carbocycles. The number of aliphatic hydroxyl groups excluding tert-OH is 1. The van der Waals surface area contributed by atoms with Gasteiger partial charge in [-0.3, -0.25) is 9.48 Å². The molecular weight excluding hydrogens is 328 g/mol. The Balaban J connectivity index is 1.66. The summed E-state index contributed by atoms with van der Waals surface area (Å²) >= 11 is 5.86. The highest BCUT2D eigenvalue weighted by atomic mass is 35.5. The van der Waals surface area contributed by atoms with Crippen LogP contribution < -0.4 is 0 Å². The first-order chi connectivity index (χ1) is 11.6. The Hall–Kier alpha value is -1.92. The molecule has 3 rings (SSSR count). The molecule has 24 heavy (non-hydrogen) atoms. The van der Waals surface area contributed by atoms with Gasteiger partial charge in [-0.25, -0.2) is 4.98 Å². The van der Waals surface area contributed by atoms with Crippen LogP contribution in [0.3, 0.4) is 0 Å². The van der Waals surface area contributed by atoms with Crippen molar-refractivity contribution in [2.75, 3.05) is 19.7 Å². The number of hydrogen-bond donors (Lipinski definition) is 1. The molecule has 0 aliphatic carbocycles. The molecule has 0 saturated carbocycles. The van der Waals surface area contributed by atoms with Crippen LogP contribution in [0.4, 0.5) is 0 Å². The van der Waals surface area contributed by atoms with Gasteiger partial charge < -0.3 is 10.0 Å². The summed E-state index contributed by atoms with van der Waals surface area (Å²) in [5.41, 5.74) is 2.42. The minimum Gasteiger partial charge on any atom is -0.394 e. The van der Waals surface area contributed by atoms with Gasteiger partial charge in [-0.1, -0.05) is 11.6 Å². The summed E-state index contributed by atoms with van der Waals surface area (Å²) in [4.78, 5) is 18.7. The van der Waals surface area contributed by atoms with Gasteiger partial charge in [0.15, 0.2) is 0 Å². The van der Waals surface area contributed by atoms with Crippen LogP contribution >= 0.6 is 11.6 Å². The summed E-state index contributed by atoms with van der Waals surface area (Å²) in [7, 11) is 0. The Morgan fingerprint density at radius 3 is 2.75 bits per heavy atom. The monoisotopic (exact) mass is 348 g/mol. The number of halogens is 1. The summed E-state index contributed by atoms with van der Waals surface area (Å²) in [5.74, 6) is 0.381. The van der Waals surface area contributed by atoms with E-state index in [9.17, 15) is 4.79 Å². The molecule has 0 bridgehead atoms. The lowest BCUT2D eigenvalue weighted by molar-refractivity contribution is 0.0709. The number of aryl methyl sites for hydroxylation is 1. The van der Waals surface area contributed by atoms with Crippen LogP contribution in [0.5, 0.6) is 0 Å². The minimum atomic E-state index is 0.0129. The molecule has 3 heterocycles. The molecule has 7 heteroatoms. The van der Waals surface area contributed by atoms with E-state index in [-0.39, 0.29) is 12.5 Å². The highest BCUT2D eigenvalue weighted by Crippen LogP contribution is 2.28. The molecule has 1 aliphatic heterocycles. The molecule has 2 aromatic heterocycles. The molecule has 128 valence electrons. The van der Waals surface area contributed by atoms with Gasteiger partial charge in [0, 0.05) is 30.9 Å².